The first-order valence-electron chi connectivity index (χ1n) is 5.57. The lowest BCUT2D eigenvalue weighted by Gasteiger charge is -2.31. The minimum atomic E-state index is -4.80. The molecule has 0 aliphatic heterocycles. The van der Waals surface area contributed by atoms with Crippen LogP contribution in [0.5, 0.6) is 0 Å². The Hall–Kier alpha value is -0.710. The quantitative estimate of drug-likeness (QED) is 0.441. The summed E-state index contributed by atoms with van der Waals surface area (Å²) in [6, 6.07) is 0. The summed E-state index contributed by atoms with van der Waals surface area (Å²) in [6.45, 7) is 8.63. The van der Waals surface area contributed by atoms with Crippen molar-refractivity contribution in [3.05, 3.63) is 12.7 Å². The molecule has 0 bridgehead atoms. The molecule has 0 spiro atoms. The van der Waals surface area contributed by atoms with Gasteiger partial charge in [0.15, 0.2) is 0 Å². The average Bonchev–Trinajstić information content (AvgIpc) is 2.22. The van der Waals surface area contributed by atoms with Crippen molar-refractivity contribution in [1.82, 2.24) is 0 Å². The van der Waals surface area contributed by atoms with E-state index in [0.717, 1.165) is 0 Å². The van der Waals surface area contributed by atoms with Crippen LogP contribution in [0.3, 0.4) is 0 Å². The number of hydrogen-bond acceptors (Lipinski definition) is 4. The number of rotatable bonds is 7. The van der Waals surface area contributed by atoms with Gasteiger partial charge in [0.2, 0.25) is 0 Å². The molecule has 7 heteroatoms. The first-order chi connectivity index (χ1) is 8.09. The third-order valence-electron chi connectivity index (χ3n) is 2.15. The molecular formula is C11H20FO5P. The van der Waals surface area contributed by atoms with Crippen LogP contribution >= 0.6 is 7.60 Å². The van der Waals surface area contributed by atoms with Gasteiger partial charge in [-0.25, -0.2) is 9.18 Å². The summed E-state index contributed by atoms with van der Waals surface area (Å²) in [6.07, 6.45) is 0.548. The maximum atomic E-state index is 14.6. The summed E-state index contributed by atoms with van der Waals surface area (Å²) in [5.74, 6) is -2.48. The lowest BCUT2D eigenvalue weighted by Crippen LogP contribution is -2.41. The average molecular weight is 282 g/mol. The van der Waals surface area contributed by atoms with E-state index in [-0.39, 0.29) is 6.61 Å². The van der Waals surface area contributed by atoms with Gasteiger partial charge in [-0.2, -0.15) is 0 Å². The van der Waals surface area contributed by atoms with E-state index in [9.17, 15) is 18.6 Å². The fourth-order valence-corrected chi connectivity index (χ4v) is 2.95. The molecule has 0 saturated heterocycles. The van der Waals surface area contributed by atoms with Gasteiger partial charge in [-0.15, -0.1) is 0 Å². The summed E-state index contributed by atoms with van der Waals surface area (Å²) in [4.78, 5) is 21.3. The van der Waals surface area contributed by atoms with Crippen molar-refractivity contribution in [3.8, 4) is 0 Å². The Bertz CT molecular complexity index is 355. The van der Waals surface area contributed by atoms with Gasteiger partial charge in [-0.3, -0.25) is 4.57 Å². The second-order valence-electron chi connectivity index (χ2n) is 4.39. The van der Waals surface area contributed by atoms with Crippen LogP contribution in [0.15, 0.2) is 12.7 Å². The molecule has 5 nitrogen and oxygen atoms in total. The predicted molar refractivity (Wildman–Crippen MR) is 65.9 cm³/mol. The molecule has 0 saturated carbocycles. The Labute approximate surface area is 107 Å². The molecule has 0 aliphatic carbocycles. The van der Waals surface area contributed by atoms with Crippen molar-refractivity contribution in [3.63, 3.8) is 0 Å². The number of carbonyl (C=O) groups is 1. The monoisotopic (exact) mass is 282 g/mol. The molecule has 0 radical (unpaired) electrons. The number of halogens is 1. The summed E-state index contributed by atoms with van der Waals surface area (Å²) in [7, 11) is -4.80. The Morgan fingerprint density at radius 2 is 2.00 bits per heavy atom. The molecule has 0 rings (SSSR count). The highest BCUT2D eigenvalue weighted by Gasteiger charge is 2.60. The van der Waals surface area contributed by atoms with Gasteiger partial charge >= 0.3 is 19.0 Å². The van der Waals surface area contributed by atoms with Gasteiger partial charge in [-0.1, -0.05) is 26.5 Å². The van der Waals surface area contributed by atoms with E-state index in [0.29, 0.717) is 0 Å². The van der Waals surface area contributed by atoms with Crippen LogP contribution < -0.4 is 0 Å². The van der Waals surface area contributed by atoms with E-state index < -0.39 is 31.0 Å². The topological polar surface area (TPSA) is 72.8 Å². The summed E-state index contributed by atoms with van der Waals surface area (Å²) in [5, 5.41) is -3.08. The first kappa shape index (κ1) is 17.3. The van der Waals surface area contributed by atoms with Gasteiger partial charge in [-0.05, 0) is 13.8 Å². The number of hydrogen-bond donors (Lipinski definition) is 1. The zero-order valence-corrected chi connectivity index (χ0v) is 11.9. The minimum absolute atomic E-state index is 0.237. The van der Waals surface area contributed by atoms with Crippen LogP contribution in [0.25, 0.3) is 0 Å². The van der Waals surface area contributed by atoms with E-state index in [4.69, 9.17) is 0 Å². The van der Waals surface area contributed by atoms with E-state index in [2.05, 4.69) is 15.8 Å². The molecule has 0 amide bonds. The number of esters is 1. The standard InChI is InChI=1S/C11H20FO5P/c1-6-7-16-10(13)11(12,8(2)3)18(14,15)17-9(4)5/h6,8-9H,1,7H2,2-5H3,(H,14,15). The Kier molecular flexibility index (Phi) is 6.20. The normalized spacial score (nSPS) is 18.2. The first-order valence-corrected chi connectivity index (χ1v) is 7.15. The van der Waals surface area contributed by atoms with Crippen molar-refractivity contribution >= 4 is 13.6 Å². The highest BCUT2D eigenvalue weighted by molar-refractivity contribution is 7.55. The van der Waals surface area contributed by atoms with Gasteiger partial charge < -0.3 is 14.2 Å². The van der Waals surface area contributed by atoms with E-state index in [1.807, 2.05) is 0 Å². The lowest BCUT2D eigenvalue weighted by atomic mass is 10.1. The Morgan fingerprint density at radius 3 is 2.33 bits per heavy atom. The second kappa shape index (κ2) is 6.45. The van der Waals surface area contributed by atoms with Crippen molar-refractivity contribution < 1.29 is 27.9 Å². The van der Waals surface area contributed by atoms with Crippen LogP contribution in [-0.2, 0) is 18.6 Å². The fraction of sp³-hybridized carbons (Fsp3) is 0.727. The summed E-state index contributed by atoms with van der Waals surface area (Å²) >= 11 is 0. The summed E-state index contributed by atoms with van der Waals surface area (Å²) < 4.78 is 35.8. The van der Waals surface area contributed by atoms with Crippen LogP contribution in [-0.4, -0.2) is 29.0 Å². The maximum absolute atomic E-state index is 14.6. The molecule has 0 heterocycles. The number of alkyl halides is 1. The molecule has 106 valence electrons. The van der Waals surface area contributed by atoms with Crippen molar-refractivity contribution in [2.75, 3.05) is 6.61 Å². The predicted octanol–water partition coefficient (Wildman–Crippen LogP) is 2.65. The number of carbonyl (C=O) groups excluding carboxylic acids is 1. The zero-order chi connectivity index (χ0) is 14.6. The SMILES string of the molecule is C=CCOC(=O)C(F)(C(C)C)P(=O)(O)OC(C)C. The fourth-order valence-electron chi connectivity index (χ4n) is 1.28. The van der Waals surface area contributed by atoms with E-state index in [1.54, 1.807) is 0 Å². The second-order valence-corrected chi connectivity index (χ2v) is 6.29. The molecule has 0 aromatic rings. The van der Waals surface area contributed by atoms with Crippen LogP contribution in [0.2, 0.25) is 0 Å². The lowest BCUT2D eigenvalue weighted by molar-refractivity contribution is -0.154. The van der Waals surface area contributed by atoms with Gasteiger partial charge in [0.25, 0.3) is 0 Å². The molecule has 2 atom stereocenters. The Morgan fingerprint density at radius 1 is 1.50 bits per heavy atom. The van der Waals surface area contributed by atoms with Crippen molar-refractivity contribution in [2.24, 2.45) is 5.92 Å². The molecule has 0 fully saturated rings. The zero-order valence-electron chi connectivity index (χ0n) is 11.1. The van der Waals surface area contributed by atoms with Gasteiger partial charge in [0.05, 0.1) is 6.10 Å². The van der Waals surface area contributed by atoms with Crippen molar-refractivity contribution in [2.45, 2.75) is 39.2 Å². The van der Waals surface area contributed by atoms with Crippen LogP contribution in [0, 0.1) is 5.92 Å². The minimum Gasteiger partial charge on any atom is -0.459 e. The molecule has 0 aromatic carbocycles. The maximum Gasteiger partial charge on any atom is 0.377 e. The van der Waals surface area contributed by atoms with Gasteiger partial charge in [0, 0.05) is 5.92 Å². The van der Waals surface area contributed by atoms with E-state index >= 15 is 0 Å². The molecule has 0 aromatic heterocycles. The molecular weight excluding hydrogens is 262 g/mol. The van der Waals surface area contributed by atoms with E-state index in [1.165, 1.54) is 33.8 Å². The molecule has 1 N–H and O–H groups in total. The Balaban J connectivity index is 5.31. The molecule has 0 aliphatic rings. The molecule has 18 heavy (non-hydrogen) atoms. The van der Waals surface area contributed by atoms with Crippen molar-refractivity contribution in [1.29, 1.82) is 0 Å². The highest BCUT2D eigenvalue weighted by Crippen LogP contribution is 2.61. The third kappa shape index (κ3) is 3.64. The smallest absolute Gasteiger partial charge is 0.377 e. The third-order valence-corrected chi connectivity index (χ3v) is 4.38. The summed E-state index contributed by atoms with van der Waals surface area (Å²) in [5.41, 5.74) is 0. The van der Waals surface area contributed by atoms with Crippen LogP contribution in [0.1, 0.15) is 27.7 Å². The highest BCUT2D eigenvalue weighted by atomic mass is 31.2. The molecule has 2 unspecified atom stereocenters. The van der Waals surface area contributed by atoms with Crippen LogP contribution in [0.4, 0.5) is 4.39 Å². The largest absolute Gasteiger partial charge is 0.459 e. The van der Waals surface area contributed by atoms with Gasteiger partial charge in [0.1, 0.15) is 6.61 Å². The number of ether oxygens (including phenoxy) is 1.